The Morgan fingerprint density at radius 2 is 1.26 bits per heavy atom. The molecule has 10 rings (SSSR count). The molecule has 2 heterocycles. The Morgan fingerprint density at radius 3 is 2.00 bits per heavy atom. The SMILES string of the molecule is N=C(c1ccccc1)c1ccccc1NCc1ccc(-c2ccc3c(c2)C2(C4=C3C=CCN4)c3ccccc3N(c3ccccc3)c3ccccc32)cc1. The molecular formula is C50H38N4. The first-order valence-corrected chi connectivity index (χ1v) is 18.6. The molecule has 4 heteroatoms. The molecular weight excluding hydrogens is 657 g/mol. The average Bonchev–Trinajstić information content (AvgIpc) is 3.54. The predicted octanol–water partition coefficient (Wildman–Crippen LogP) is 11.4. The summed E-state index contributed by atoms with van der Waals surface area (Å²) in [6, 6.07) is 62.6. The maximum absolute atomic E-state index is 8.87. The third-order valence-electron chi connectivity index (χ3n) is 11.2. The van der Waals surface area contributed by atoms with Crippen molar-refractivity contribution in [2.24, 2.45) is 0 Å². The van der Waals surface area contributed by atoms with Crippen LogP contribution in [-0.2, 0) is 12.0 Å². The van der Waals surface area contributed by atoms with E-state index in [2.05, 4.69) is 155 Å². The van der Waals surface area contributed by atoms with Crippen LogP contribution in [0.5, 0.6) is 0 Å². The van der Waals surface area contributed by atoms with E-state index < -0.39 is 5.41 Å². The van der Waals surface area contributed by atoms with Gasteiger partial charge >= 0.3 is 0 Å². The second-order valence-electron chi connectivity index (χ2n) is 14.1. The molecule has 7 aromatic carbocycles. The van der Waals surface area contributed by atoms with Crippen LogP contribution >= 0.6 is 0 Å². The Hall–Kier alpha value is -6.91. The largest absolute Gasteiger partial charge is 0.383 e. The maximum atomic E-state index is 8.87. The van der Waals surface area contributed by atoms with Crippen molar-refractivity contribution in [2.75, 3.05) is 16.8 Å². The molecule has 7 aromatic rings. The van der Waals surface area contributed by atoms with Crippen LogP contribution in [0.25, 0.3) is 16.7 Å². The van der Waals surface area contributed by atoms with Crippen LogP contribution in [0.1, 0.15) is 38.9 Å². The van der Waals surface area contributed by atoms with Gasteiger partial charge in [-0.1, -0.05) is 152 Å². The molecule has 0 fully saturated rings. The molecule has 0 atom stereocenters. The zero-order valence-corrected chi connectivity index (χ0v) is 29.8. The van der Waals surface area contributed by atoms with Crippen molar-refractivity contribution < 1.29 is 0 Å². The van der Waals surface area contributed by atoms with Crippen molar-refractivity contribution in [1.29, 1.82) is 5.41 Å². The fraction of sp³-hybridized carbons (Fsp3) is 0.0600. The molecule has 4 nitrogen and oxygen atoms in total. The van der Waals surface area contributed by atoms with Gasteiger partial charge in [0.15, 0.2) is 0 Å². The second kappa shape index (κ2) is 12.9. The number of benzene rings is 7. The van der Waals surface area contributed by atoms with Gasteiger partial charge in [0.25, 0.3) is 0 Å². The molecule has 1 aliphatic carbocycles. The van der Waals surface area contributed by atoms with E-state index in [0.717, 1.165) is 29.0 Å². The summed E-state index contributed by atoms with van der Waals surface area (Å²) in [6.07, 6.45) is 4.55. The highest BCUT2D eigenvalue weighted by Crippen LogP contribution is 2.62. The predicted molar refractivity (Wildman–Crippen MR) is 223 cm³/mol. The molecule has 0 aromatic heterocycles. The van der Waals surface area contributed by atoms with E-state index in [4.69, 9.17) is 5.41 Å². The molecule has 0 saturated heterocycles. The highest BCUT2D eigenvalue weighted by atomic mass is 15.2. The zero-order valence-electron chi connectivity index (χ0n) is 29.8. The Bertz CT molecular complexity index is 2570. The van der Waals surface area contributed by atoms with Crippen molar-refractivity contribution in [3.05, 3.63) is 233 Å². The molecule has 258 valence electrons. The monoisotopic (exact) mass is 694 g/mol. The van der Waals surface area contributed by atoms with Crippen molar-refractivity contribution in [1.82, 2.24) is 5.32 Å². The molecule has 3 aliphatic rings. The van der Waals surface area contributed by atoms with Crippen molar-refractivity contribution in [2.45, 2.75) is 12.0 Å². The van der Waals surface area contributed by atoms with Gasteiger partial charge in [0.05, 0.1) is 22.5 Å². The van der Waals surface area contributed by atoms with Crippen LogP contribution < -0.4 is 15.5 Å². The van der Waals surface area contributed by atoms with E-state index >= 15 is 0 Å². The molecule has 0 amide bonds. The minimum absolute atomic E-state index is 0.505. The number of hydrogen-bond acceptors (Lipinski definition) is 4. The first kappa shape index (κ1) is 31.8. The van der Waals surface area contributed by atoms with Crippen LogP contribution in [0.2, 0.25) is 0 Å². The van der Waals surface area contributed by atoms with Crippen LogP contribution in [-0.4, -0.2) is 12.3 Å². The van der Waals surface area contributed by atoms with Crippen LogP contribution in [0.15, 0.2) is 194 Å². The molecule has 54 heavy (non-hydrogen) atoms. The molecule has 1 spiro atoms. The lowest BCUT2D eigenvalue weighted by atomic mass is 9.65. The summed E-state index contributed by atoms with van der Waals surface area (Å²) < 4.78 is 0. The Morgan fingerprint density at radius 1 is 0.630 bits per heavy atom. The van der Waals surface area contributed by atoms with E-state index in [1.807, 2.05) is 48.5 Å². The number of allylic oxidation sites excluding steroid dienone is 3. The smallest absolute Gasteiger partial charge is 0.0901 e. The van der Waals surface area contributed by atoms with Gasteiger partial charge in [-0.05, 0) is 75.3 Å². The van der Waals surface area contributed by atoms with E-state index in [1.54, 1.807) is 0 Å². The third kappa shape index (κ3) is 4.95. The second-order valence-corrected chi connectivity index (χ2v) is 14.1. The summed E-state index contributed by atoms with van der Waals surface area (Å²) >= 11 is 0. The Kier molecular flexibility index (Phi) is 7.62. The summed E-state index contributed by atoms with van der Waals surface area (Å²) in [6.45, 7) is 1.45. The number of anilines is 4. The number of nitrogens with one attached hydrogen (secondary N) is 3. The van der Waals surface area contributed by atoms with E-state index in [-0.39, 0.29) is 0 Å². The minimum Gasteiger partial charge on any atom is -0.383 e. The van der Waals surface area contributed by atoms with Crippen LogP contribution in [0.4, 0.5) is 22.7 Å². The van der Waals surface area contributed by atoms with Crippen LogP contribution in [0.3, 0.4) is 0 Å². The third-order valence-corrected chi connectivity index (χ3v) is 11.2. The van der Waals surface area contributed by atoms with Crippen LogP contribution in [0, 0.1) is 5.41 Å². The lowest BCUT2D eigenvalue weighted by Crippen LogP contribution is -2.41. The van der Waals surface area contributed by atoms with Gasteiger partial charge < -0.3 is 15.5 Å². The molecule has 2 aliphatic heterocycles. The molecule has 0 bridgehead atoms. The molecule has 3 N–H and O–H groups in total. The number of nitrogens with zero attached hydrogens (tertiary/aromatic N) is 1. The van der Waals surface area contributed by atoms with E-state index in [9.17, 15) is 0 Å². The van der Waals surface area contributed by atoms with Crippen molar-refractivity contribution >= 4 is 34.0 Å². The number of fused-ring (bicyclic) bond motifs is 8. The van der Waals surface area contributed by atoms with Gasteiger partial charge in [-0.25, -0.2) is 0 Å². The first-order chi connectivity index (χ1) is 26.7. The first-order valence-electron chi connectivity index (χ1n) is 18.6. The van der Waals surface area contributed by atoms with Crippen molar-refractivity contribution in [3.63, 3.8) is 0 Å². The summed E-state index contributed by atoms with van der Waals surface area (Å²) in [5, 5.41) is 16.4. The lowest BCUT2D eigenvalue weighted by Gasteiger charge is -2.46. The molecule has 0 radical (unpaired) electrons. The number of dihydropyridines is 1. The van der Waals surface area contributed by atoms with E-state index in [0.29, 0.717) is 12.3 Å². The highest BCUT2D eigenvalue weighted by molar-refractivity contribution is 6.14. The van der Waals surface area contributed by atoms with E-state index in [1.165, 1.54) is 61.6 Å². The molecule has 0 unspecified atom stereocenters. The Balaban J connectivity index is 1.03. The fourth-order valence-corrected chi connectivity index (χ4v) is 8.77. The number of rotatable bonds is 7. The summed E-state index contributed by atoms with van der Waals surface area (Å²) in [4.78, 5) is 2.42. The standard InChI is InChI=1S/C50H38N4/c51-48(36-14-3-1-4-15-36)41-18-7-10-22-45(41)53-33-34-25-27-35(28-26-34)37-29-30-39-40-19-13-31-52-49(40)50(44(39)32-37)42-20-8-11-23-46(42)54(38-16-5-2-6-17-38)47-24-12-9-21-43(47)50/h1-30,32,51-53H,31,33H2. The van der Waals surface area contributed by atoms with Gasteiger partial charge in [-0.2, -0.15) is 0 Å². The zero-order chi connectivity index (χ0) is 36.1. The van der Waals surface area contributed by atoms with Gasteiger partial charge in [0.1, 0.15) is 0 Å². The van der Waals surface area contributed by atoms with Gasteiger partial charge in [-0.15, -0.1) is 0 Å². The number of hydrogen-bond donors (Lipinski definition) is 3. The van der Waals surface area contributed by atoms with Crippen molar-refractivity contribution in [3.8, 4) is 11.1 Å². The maximum Gasteiger partial charge on any atom is 0.0901 e. The minimum atomic E-state index is -0.505. The molecule has 0 saturated carbocycles. The normalized spacial score (nSPS) is 14.5. The van der Waals surface area contributed by atoms with Gasteiger partial charge in [-0.3, -0.25) is 5.41 Å². The quantitative estimate of drug-likeness (QED) is 0.146. The topological polar surface area (TPSA) is 51.2 Å². The average molecular weight is 695 g/mol. The lowest BCUT2D eigenvalue weighted by molar-refractivity contribution is 0.659. The van der Waals surface area contributed by atoms with Gasteiger partial charge in [0, 0.05) is 46.9 Å². The fourth-order valence-electron chi connectivity index (χ4n) is 8.77. The number of para-hydroxylation sites is 4. The highest BCUT2D eigenvalue weighted by Gasteiger charge is 2.53. The summed E-state index contributed by atoms with van der Waals surface area (Å²) in [7, 11) is 0. The van der Waals surface area contributed by atoms with Gasteiger partial charge in [0.2, 0.25) is 0 Å². The summed E-state index contributed by atoms with van der Waals surface area (Å²) in [5.41, 5.74) is 17.5. The summed E-state index contributed by atoms with van der Waals surface area (Å²) in [5.74, 6) is 0. The Labute approximate surface area is 316 Å².